The Morgan fingerprint density at radius 1 is 0.477 bits per heavy atom. The van der Waals surface area contributed by atoms with Crippen molar-refractivity contribution in [3.8, 4) is 0 Å². The summed E-state index contributed by atoms with van der Waals surface area (Å²) in [6, 6.07) is 26.8. The third-order valence-corrected chi connectivity index (χ3v) is 36.9. The van der Waals surface area contributed by atoms with Crippen LogP contribution in [0.5, 0.6) is 0 Å². The average Bonchev–Trinajstić information content (AvgIpc) is 0.748. The summed E-state index contributed by atoms with van der Waals surface area (Å²) >= 11 is 12.0. The standard InChI is InChI=1S/C20H30O4S3.C19H26O4S3.C17H22O6S.C16H22O4S.C4H8S2.C4H9.2CH4.Li.H2/c1-3-19(15-24-27(22,23)17-7-5-16(2)6-8-17)9-11-20(21,12-10-19)18-25-13-4-14-26-18;1-15-3-5-16(6-4-15)26(20,21)23-14-18-7-9-19(10-8-18,22-13-18)17-24-11-2-12-25-17;1-13-3-5-14(6-4-13)24(19,20)23-12-16-7-9-17(10-8-16,22-11-16)15(18)21-2;1-3-16(10-8-14(17)9-11-16)12-20-21(18,19)15-6-4-13(2)5-7-15;1-2-5-4-6-3-1;1-3-4-2;;;;/h5-8,18,21H,3-4,9-15H2,1-2H3;3-6,17H,2,7-14H2,1H3;3-6H,7-12H2,1-2H3;4-7H,3,8-12H2,1-2H3;1-4H2;1,3-4H2,2H3;2*1H4;;1H/q;;;;;-1;;;+1;/i;;;;;;;;;1+1. The number of ketones is 1. The molecule has 4 saturated carbocycles. The Bertz CT molecular complexity index is 3870. The SMILES string of the molecule is C.C.C1CSCSC1.CCC1(COS(=O)(=O)c2ccc(C)cc2)CCC(=O)CC1.CCC1(COS(=O)(=O)c2ccc(C)cc2)CCC(O)(C2SCCCS2)CC1.COC(=O)C12CCC(COS(=O)(=O)c3ccc(C)cc3)(CC1)CO2.Cc1ccc(S(=O)(=O)OCC23CCC(C4SCCCS4)(CC2)OC3)cc1.[2HH].[CH2-]CCC.[Li+]. The van der Waals surface area contributed by atoms with Gasteiger partial charge < -0.3 is 26.2 Å². The van der Waals surface area contributed by atoms with Crippen LogP contribution in [-0.4, -0.2) is 163 Å². The van der Waals surface area contributed by atoms with E-state index < -0.39 is 51.7 Å². The molecule has 0 spiro atoms. The molecule has 111 heavy (non-hydrogen) atoms. The van der Waals surface area contributed by atoms with E-state index in [4.69, 9.17) is 30.9 Å². The molecule has 7 heterocycles. The number of Topliss-reactive ketones (excluding diaryl/α,β-unsaturated/α-hetero) is 1. The number of methoxy groups -OCH3 is 1. The fourth-order valence-electron chi connectivity index (χ4n) is 14.3. The van der Waals surface area contributed by atoms with E-state index in [1.807, 2.05) is 81.7 Å². The van der Waals surface area contributed by atoms with Gasteiger partial charge in [0.1, 0.15) is 5.78 Å². The zero-order valence-electron chi connectivity index (χ0n) is 65.5. The van der Waals surface area contributed by atoms with Crippen molar-refractivity contribution in [3.05, 3.63) is 126 Å². The van der Waals surface area contributed by atoms with Gasteiger partial charge in [-0.1, -0.05) is 113 Å². The molecule has 4 aromatic rings. The number of aliphatic hydroxyl groups is 1. The summed E-state index contributed by atoms with van der Waals surface area (Å²) in [4.78, 5) is 24.0. The molecule has 0 atom stereocenters. The van der Waals surface area contributed by atoms with Crippen LogP contribution in [0.3, 0.4) is 0 Å². The van der Waals surface area contributed by atoms with E-state index in [-0.39, 0.29) is 125 Å². The number of thioether (sulfide) groups is 6. The molecule has 0 radical (unpaired) electrons. The van der Waals surface area contributed by atoms with Crippen LogP contribution in [0, 0.1) is 56.3 Å². The molecular formula is C82H127LiO18S10. The zero-order valence-corrected chi connectivity index (χ0v) is 73.7. The number of hydrogen-bond donors (Lipinski definition) is 1. The largest absolute Gasteiger partial charge is 1.00 e. The predicted octanol–water partition coefficient (Wildman–Crippen LogP) is 16.2. The minimum Gasteiger partial charge on any atom is -0.467 e. The van der Waals surface area contributed by atoms with Crippen molar-refractivity contribution in [3.63, 3.8) is 0 Å². The third kappa shape index (κ3) is 28.4. The van der Waals surface area contributed by atoms with Crippen molar-refractivity contribution >= 4 is 123 Å². The van der Waals surface area contributed by atoms with Gasteiger partial charge in [0.15, 0.2) is 5.60 Å². The van der Waals surface area contributed by atoms with Crippen LogP contribution < -0.4 is 18.9 Å². The van der Waals surface area contributed by atoms with Gasteiger partial charge in [0.25, 0.3) is 40.5 Å². The van der Waals surface area contributed by atoms with Crippen LogP contribution in [0.25, 0.3) is 0 Å². The van der Waals surface area contributed by atoms with Crippen molar-refractivity contribution in [1.82, 2.24) is 0 Å². The van der Waals surface area contributed by atoms with E-state index in [9.17, 15) is 48.4 Å². The first-order chi connectivity index (χ1) is 51.3. The molecule has 4 aromatic carbocycles. The number of rotatable bonds is 22. The summed E-state index contributed by atoms with van der Waals surface area (Å²) < 4.78 is 138. The van der Waals surface area contributed by atoms with E-state index in [2.05, 4.69) is 44.3 Å². The summed E-state index contributed by atoms with van der Waals surface area (Å²) in [7, 11) is -13.6. The molecule has 4 aliphatic carbocycles. The Kier molecular flexibility index (Phi) is 41.0. The number of carbonyl (C=O) groups is 2. The van der Waals surface area contributed by atoms with E-state index in [0.717, 1.165) is 104 Å². The molecular weight excluding hydrogens is 1600 g/mol. The number of unbranched alkanes of at least 4 members (excludes halogenated alkanes) is 1. The number of fused-ring (bicyclic) bond motifs is 6. The van der Waals surface area contributed by atoms with E-state index in [1.165, 1.54) is 60.9 Å². The minimum absolute atomic E-state index is 0. The molecule has 18 nitrogen and oxygen atoms in total. The zero-order chi connectivity index (χ0) is 78.4. The molecule has 11 fully saturated rings. The molecule has 11 aliphatic rings. The Labute approximate surface area is 707 Å². The number of benzene rings is 4. The number of esters is 1. The van der Waals surface area contributed by atoms with Gasteiger partial charge in [-0.25, -0.2) is 4.79 Å². The predicted molar refractivity (Wildman–Crippen MR) is 458 cm³/mol. The van der Waals surface area contributed by atoms with E-state index in [0.29, 0.717) is 69.2 Å². The number of carbonyl (C=O) groups excluding carboxylic acids is 2. The van der Waals surface area contributed by atoms with Crippen LogP contribution >= 0.6 is 70.6 Å². The van der Waals surface area contributed by atoms with Crippen molar-refractivity contribution in [1.29, 1.82) is 0 Å². The Morgan fingerprint density at radius 3 is 1.09 bits per heavy atom. The van der Waals surface area contributed by atoms with Gasteiger partial charge >= 0.3 is 24.8 Å². The van der Waals surface area contributed by atoms with Crippen LogP contribution in [0.2, 0.25) is 0 Å². The first kappa shape index (κ1) is 99.8. The third-order valence-electron chi connectivity index (χ3n) is 22.6. The summed E-state index contributed by atoms with van der Waals surface area (Å²) in [5.41, 5.74) is 1.68. The molecule has 0 unspecified atom stereocenters. The van der Waals surface area contributed by atoms with Gasteiger partial charge in [0.2, 0.25) is 0 Å². The van der Waals surface area contributed by atoms with Gasteiger partial charge in [0, 0.05) is 30.2 Å². The second-order valence-electron chi connectivity index (χ2n) is 30.6. The molecule has 624 valence electrons. The summed E-state index contributed by atoms with van der Waals surface area (Å²) in [6.07, 6.45) is 19.9. The normalized spacial score (nSPS) is 26.5. The van der Waals surface area contributed by atoms with Crippen molar-refractivity contribution in [2.75, 3.05) is 86.4 Å². The van der Waals surface area contributed by atoms with Gasteiger partial charge in [-0.15, -0.1) is 47.0 Å². The maximum Gasteiger partial charge on any atom is 1.00 e. The Morgan fingerprint density at radius 2 is 0.802 bits per heavy atom. The first-order valence-corrected chi connectivity index (χ1v) is 50.3. The summed E-state index contributed by atoms with van der Waals surface area (Å²) in [5, 5.41) is 12.5. The van der Waals surface area contributed by atoms with Gasteiger partial charge in [-0.05, 0) is 244 Å². The van der Waals surface area contributed by atoms with Crippen molar-refractivity contribution < 1.29 is 99.6 Å². The van der Waals surface area contributed by atoms with Crippen LogP contribution in [0.15, 0.2) is 117 Å². The molecule has 15 rings (SSSR count). The van der Waals surface area contributed by atoms with Crippen LogP contribution in [0.4, 0.5) is 0 Å². The topological polar surface area (TPSA) is 256 Å². The Hall–Kier alpha value is -1.76. The maximum atomic E-state index is 12.5. The van der Waals surface area contributed by atoms with Crippen molar-refractivity contribution in [2.24, 2.45) is 21.7 Å². The fourth-order valence-corrected chi connectivity index (χ4v) is 27.4. The second kappa shape index (κ2) is 45.6. The minimum atomic E-state index is -3.79. The van der Waals surface area contributed by atoms with E-state index in [1.54, 1.807) is 97.1 Å². The van der Waals surface area contributed by atoms with Gasteiger partial charge in [-0.2, -0.15) is 63.6 Å². The summed E-state index contributed by atoms with van der Waals surface area (Å²) in [5.74, 6) is 7.41. The number of aryl methyl sites for hydroxylation is 4. The number of hydrogen-bond acceptors (Lipinski definition) is 24. The van der Waals surface area contributed by atoms with Crippen molar-refractivity contribution in [2.45, 2.75) is 257 Å². The maximum absolute atomic E-state index is 12.5. The number of ether oxygens (including phenoxy) is 3. The fraction of sp³-hybridized carbons (Fsp3) is 0.671. The molecule has 0 amide bonds. The monoisotopic (exact) mass is 1730 g/mol. The van der Waals surface area contributed by atoms with Gasteiger partial charge in [0.05, 0.1) is 86.7 Å². The van der Waals surface area contributed by atoms with Gasteiger partial charge in [-0.3, -0.25) is 21.5 Å². The molecule has 4 bridgehead atoms. The first-order valence-electron chi connectivity index (χ1n) is 38.2. The molecule has 29 heteroatoms. The molecule has 1 N–H and O–H groups in total. The molecule has 0 aromatic heterocycles. The summed E-state index contributed by atoms with van der Waals surface area (Å²) in [6.45, 7) is 19.1. The second-order valence-corrected chi connectivity index (χ2v) is 45.1. The Balaban J connectivity index is 0.000000299. The smallest absolute Gasteiger partial charge is 0.467 e. The average molecular weight is 1730 g/mol. The van der Waals surface area contributed by atoms with E-state index >= 15 is 0 Å². The van der Waals surface area contributed by atoms with Crippen LogP contribution in [0.1, 0.15) is 207 Å². The quantitative estimate of drug-likeness (QED) is 0.0332. The molecule has 7 saturated heterocycles. The molecule has 7 aliphatic heterocycles. The van der Waals surface area contributed by atoms with Crippen LogP contribution in [-0.2, 0) is 81.0 Å².